The lowest BCUT2D eigenvalue weighted by Gasteiger charge is -2.39. The minimum Gasteiger partial charge on any atom is -0.493 e. The molecule has 5 atom stereocenters. The largest absolute Gasteiger partial charge is 0.493 e. The molecule has 0 spiro atoms. The summed E-state index contributed by atoms with van der Waals surface area (Å²) in [5, 5.41) is 39.5. The quantitative estimate of drug-likeness (QED) is 0.283. The van der Waals surface area contributed by atoms with Crippen LogP contribution in [0.25, 0.3) is 22.1 Å². The van der Waals surface area contributed by atoms with E-state index in [1.165, 1.54) is 44.6 Å². The fraction of sp³-hybridized carbons (Fsp3) is 0.333. The number of ether oxygens (including phenoxy) is 4. The summed E-state index contributed by atoms with van der Waals surface area (Å²) in [7, 11) is 1.41. The first kappa shape index (κ1) is 24.6. The molecule has 0 aliphatic carbocycles. The molecule has 1 aliphatic rings. The van der Waals surface area contributed by atoms with Crippen LogP contribution in [-0.2, 0) is 9.53 Å². The van der Waals surface area contributed by atoms with Gasteiger partial charge in [0.05, 0.1) is 24.7 Å². The van der Waals surface area contributed by atoms with Crippen molar-refractivity contribution in [2.45, 2.75) is 37.6 Å². The SMILES string of the molecule is COc1cc(-c2coc3cc(O[C@@H]4O[C@H](CO)[C@@H](O)[C@H](O)[C@H]4O)ccc3c2=O)ccc1OC(C)=O. The highest BCUT2D eigenvalue weighted by molar-refractivity contribution is 5.83. The lowest BCUT2D eigenvalue weighted by molar-refractivity contribution is -0.277. The van der Waals surface area contributed by atoms with Gasteiger partial charge in [-0.2, -0.15) is 0 Å². The smallest absolute Gasteiger partial charge is 0.308 e. The molecule has 0 amide bonds. The summed E-state index contributed by atoms with van der Waals surface area (Å²) >= 11 is 0. The summed E-state index contributed by atoms with van der Waals surface area (Å²) in [5.41, 5.74) is 0.570. The van der Waals surface area contributed by atoms with Gasteiger partial charge in [0.25, 0.3) is 0 Å². The molecule has 4 rings (SSSR count). The van der Waals surface area contributed by atoms with Crippen LogP contribution in [0.3, 0.4) is 0 Å². The van der Waals surface area contributed by atoms with Crippen molar-refractivity contribution in [3.63, 3.8) is 0 Å². The number of hydrogen-bond donors (Lipinski definition) is 4. The summed E-state index contributed by atoms with van der Waals surface area (Å²) in [6.45, 7) is 0.674. The molecule has 2 aromatic carbocycles. The molecule has 11 heteroatoms. The number of methoxy groups -OCH3 is 1. The molecule has 0 radical (unpaired) electrons. The summed E-state index contributed by atoms with van der Waals surface area (Å²) in [6.07, 6.45) is -5.91. The Labute approximate surface area is 198 Å². The molecular formula is C24H24O11. The van der Waals surface area contributed by atoms with E-state index in [0.29, 0.717) is 5.56 Å². The first-order valence-electron chi connectivity index (χ1n) is 10.6. The Hall–Kier alpha value is -3.48. The van der Waals surface area contributed by atoms with Gasteiger partial charge in [0.1, 0.15) is 42.0 Å². The first-order chi connectivity index (χ1) is 16.7. The van der Waals surface area contributed by atoms with Crippen LogP contribution in [0.1, 0.15) is 6.92 Å². The fourth-order valence-electron chi connectivity index (χ4n) is 3.75. The van der Waals surface area contributed by atoms with Crippen LogP contribution in [0.4, 0.5) is 0 Å². The lowest BCUT2D eigenvalue weighted by atomic mass is 9.99. The van der Waals surface area contributed by atoms with Crippen molar-refractivity contribution in [3.05, 3.63) is 52.9 Å². The molecular weight excluding hydrogens is 464 g/mol. The third-order valence-corrected chi connectivity index (χ3v) is 5.58. The van der Waals surface area contributed by atoms with Gasteiger partial charge < -0.3 is 43.8 Å². The van der Waals surface area contributed by atoms with E-state index in [2.05, 4.69) is 0 Å². The molecule has 1 aromatic heterocycles. The molecule has 11 nitrogen and oxygen atoms in total. The monoisotopic (exact) mass is 488 g/mol. The number of carbonyl (C=O) groups is 1. The molecule has 35 heavy (non-hydrogen) atoms. The van der Waals surface area contributed by atoms with Gasteiger partial charge in [-0.3, -0.25) is 9.59 Å². The Balaban J connectivity index is 1.62. The summed E-state index contributed by atoms with van der Waals surface area (Å²) < 4.78 is 26.9. The molecule has 0 bridgehead atoms. The number of fused-ring (bicyclic) bond motifs is 1. The Morgan fingerprint density at radius 1 is 1.03 bits per heavy atom. The standard InChI is InChI=1S/C24H24O11/c1-11(26)33-16-6-3-12(7-18(16)31-2)15-10-32-17-8-13(4-5-14(17)20(15)27)34-24-23(30)22(29)21(28)19(9-25)35-24/h3-8,10,19,21-25,28-30H,9H2,1-2H3/t19-,21-,22+,23-,24-/m1/s1. The third-order valence-electron chi connectivity index (χ3n) is 5.58. The Bertz CT molecular complexity index is 1280. The second-order valence-corrected chi connectivity index (χ2v) is 7.91. The topological polar surface area (TPSA) is 165 Å². The average Bonchev–Trinajstić information content (AvgIpc) is 2.84. The number of esters is 1. The molecule has 3 aromatic rings. The van der Waals surface area contributed by atoms with Gasteiger partial charge in [0.2, 0.25) is 6.29 Å². The molecule has 0 saturated carbocycles. The van der Waals surface area contributed by atoms with Crippen LogP contribution < -0.4 is 19.6 Å². The van der Waals surface area contributed by atoms with E-state index in [9.17, 15) is 30.0 Å². The van der Waals surface area contributed by atoms with Gasteiger partial charge in [-0.25, -0.2) is 0 Å². The Morgan fingerprint density at radius 3 is 2.49 bits per heavy atom. The van der Waals surface area contributed by atoms with Crippen LogP contribution in [0.15, 0.2) is 51.9 Å². The van der Waals surface area contributed by atoms with Crippen molar-refractivity contribution in [3.8, 4) is 28.4 Å². The maximum absolute atomic E-state index is 13.1. The van der Waals surface area contributed by atoms with Crippen LogP contribution in [0, 0.1) is 0 Å². The molecule has 4 N–H and O–H groups in total. The van der Waals surface area contributed by atoms with Crippen molar-refractivity contribution in [2.75, 3.05) is 13.7 Å². The fourth-order valence-corrected chi connectivity index (χ4v) is 3.75. The van der Waals surface area contributed by atoms with Crippen LogP contribution in [0.5, 0.6) is 17.2 Å². The first-order valence-corrected chi connectivity index (χ1v) is 10.6. The maximum Gasteiger partial charge on any atom is 0.308 e. The highest BCUT2D eigenvalue weighted by Gasteiger charge is 2.44. The number of hydrogen-bond acceptors (Lipinski definition) is 11. The molecule has 186 valence electrons. The van der Waals surface area contributed by atoms with Crippen molar-refractivity contribution < 1.29 is 48.6 Å². The van der Waals surface area contributed by atoms with E-state index in [-0.39, 0.29) is 39.2 Å². The molecule has 1 saturated heterocycles. The van der Waals surface area contributed by atoms with Crippen molar-refractivity contribution >= 4 is 16.9 Å². The van der Waals surface area contributed by atoms with Crippen LogP contribution >= 0.6 is 0 Å². The van der Waals surface area contributed by atoms with Gasteiger partial charge in [0, 0.05) is 13.0 Å². The average molecular weight is 488 g/mol. The number of aliphatic hydroxyl groups is 4. The van der Waals surface area contributed by atoms with Gasteiger partial charge in [-0.15, -0.1) is 0 Å². The van der Waals surface area contributed by atoms with Crippen LogP contribution in [-0.4, -0.2) is 70.8 Å². The van der Waals surface area contributed by atoms with E-state index in [1.54, 1.807) is 12.1 Å². The highest BCUT2D eigenvalue weighted by Crippen LogP contribution is 2.33. The molecule has 1 aliphatic heterocycles. The second kappa shape index (κ2) is 10.0. The van der Waals surface area contributed by atoms with Crippen molar-refractivity contribution in [1.29, 1.82) is 0 Å². The lowest BCUT2D eigenvalue weighted by Crippen LogP contribution is -2.60. The van der Waals surface area contributed by atoms with Gasteiger partial charge >= 0.3 is 5.97 Å². The zero-order valence-corrected chi connectivity index (χ0v) is 18.8. The van der Waals surface area contributed by atoms with E-state index in [4.69, 9.17) is 23.4 Å². The number of benzene rings is 2. The van der Waals surface area contributed by atoms with Crippen molar-refractivity contribution in [2.24, 2.45) is 0 Å². The Morgan fingerprint density at radius 2 is 1.80 bits per heavy atom. The predicted octanol–water partition coefficient (Wildman–Crippen LogP) is 0.573. The van der Waals surface area contributed by atoms with Crippen LogP contribution in [0.2, 0.25) is 0 Å². The summed E-state index contributed by atoms with van der Waals surface area (Å²) in [6, 6.07) is 8.98. The van der Waals surface area contributed by atoms with E-state index in [0.717, 1.165) is 0 Å². The van der Waals surface area contributed by atoms with Gasteiger partial charge in [-0.1, -0.05) is 6.07 Å². The van der Waals surface area contributed by atoms with Crippen molar-refractivity contribution in [1.82, 2.24) is 0 Å². The zero-order valence-electron chi connectivity index (χ0n) is 18.8. The van der Waals surface area contributed by atoms with E-state index >= 15 is 0 Å². The number of aliphatic hydroxyl groups excluding tert-OH is 4. The molecule has 0 unspecified atom stereocenters. The van der Waals surface area contributed by atoms with Gasteiger partial charge in [0.15, 0.2) is 16.9 Å². The zero-order chi connectivity index (χ0) is 25.3. The molecule has 2 heterocycles. The number of rotatable bonds is 6. The summed E-state index contributed by atoms with van der Waals surface area (Å²) in [5.74, 6) is 0.123. The van der Waals surface area contributed by atoms with E-state index in [1.807, 2.05) is 0 Å². The highest BCUT2D eigenvalue weighted by atomic mass is 16.7. The number of carbonyl (C=O) groups excluding carboxylic acids is 1. The summed E-state index contributed by atoms with van der Waals surface area (Å²) in [4.78, 5) is 24.4. The normalized spacial score (nSPS) is 24.2. The molecule has 1 fully saturated rings. The van der Waals surface area contributed by atoms with E-state index < -0.39 is 43.3 Å². The minimum absolute atomic E-state index is 0.158. The van der Waals surface area contributed by atoms with Gasteiger partial charge in [-0.05, 0) is 29.8 Å². The minimum atomic E-state index is -1.59. The second-order valence-electron chi connectivity index (χ2n) is 7.91. The third kappa shape index (κ3) is 4.85. The maximum atomic E-state index is 13.1. The predicted molar refractivity (Wildman–Crippen MR) is 120 cm³/mol. The Kier molecular flexibility index (Phi) is 7.05.